The maximum absolute atomic E-state index is 11.9. The third kappa shape index (κ3) is 3.97. The number of alkyl halides is 3. The molecular formula is C8H6BrF3N2O2. The van der Waals surface area contributed by atoms with Gasteiger partial charge >= 0.3 is 12.4 Å². The molecule has 0 heterocycles. The number of amides is 2. The zero-order chi connectivity index (χ0) is 12.3. The van der Waals surface area contributed by atoms with E-state index >= 15 is 0 Å². The molecule has 0 aliphatic rings. The quantitative estimate of drug-likeness (QED) is 0.882. The van der Waals surface area contributed by atoms with Crippen molar-refractivity contribution in [3.05, 3.63) is 22.7 Å². The van der Waals surface area contributed by atoms with E-state index in [2.05, 4.69) is 26.0 Å². The van der Waals surface area contributed by atoms with Crippen molar-refractivity contribution in [2.75, 3.05) is 5.32 Å². The van der Waals surface area contributed by atoms with Crippen molar-refractivity contribution < 1.29 is 22.7 Å². The summed E-state index contributed by atoms with van der Waals surface area (Å²) in [5, 5.41) is 2.21. The van der Waals surface area contributed by atoms with Gasteiger partial charge in [-0.15, -0.1) is 13.2 Å². The Balaban J connectivity index is 2.87. The van der Waals surface area contributed by atoms with Gasteiger partial charge in [0.1, 0.15) is 5.75 Å². The average Bonchev–Trinajstić information content (AvgIpc) is 2.06. The van der Waals surface area contributed by atoms with Crippen LogP contribution in [0.3, 0.4) is 0 Å². The van der Waals surface area contributed by atoms with Crippen LogP contribution < -0.4 is 15.8 Å². The van der Waals surface area contributed by atoms with Gasteiger partial charge in [-0.3, -0.25) is 0 Å². The molecule has 0 saturated carbocycles. The highest BCUT2D eigenvalue weighted by atomic mass is 79.9. The van der Waals surface area contributed by atoms with Gasteiger partial charge in [-0.1, -0.05) is 0 Å². The van der Waals surface area contributed by atoms with Gasteiger partial charge in [-0.05, 0) is 34.1 Å². The second-order valence-corrected chi connectivity index (χ2v) is 3.54. The van der Waals surface area contributed by atoms with Crippen molar-refractivity contribution in [3.8, 4) is 5.75 Å². The van der Waals surface area contributed by atoms with Crippen LogP contribution in [0.25, 0.3) is 0 Å². The summed E-state index contributed by atoms with van der Waals surface area (Å²) in [6.07, 6.45) is -4.76. The van der Waals surface area contributed by atoms with Gasteiger partial charge in [0, 0.05) is 5.69 Å². The molecule has 2 amide bonds. The molecule has 1 aromatic carbocycles. The third-order valence-corrected chi connectivity index (χ3v) is 2.04. The van der Waals surface area contributed by atoms with Crippen molar-refractivity contribution in [1.29, 1.82) is 0 Å². The van der Waals surface area contributed by atoms with Gasteiger partial charge < -0.3 is 15.8 Å². The molecular weight excluding hydrogens is 293 g/mol. The Morgan fingerprint density at radius 2 is 2.06 bits per heavy atom. The number of anilines is 1. The van der Waals surface area contributed by atoms with Crippen LogP contribution in [0, 0.1) is 0 Å². The second-order valence-electron chi connectivity index (χ2n) is 2.68. The van der Waals surface area contributed by atoms with Crippen LogP contribution in [-0.4, -0.2) is 12.4 Å². The Bertz CT molecular complexity index is 409. The number of hydrogen-bond acceptors (Lipinski definition) is 2. The lowest BCUT2D eigenvalue weighted by Gasteiger charge is -2.11. The molecule has 0 aromatic heterocycles. The largest absolute Gasteiger partial charge is 0.573 e. The summed E-state index contributed by atoms with van der Waals surface area (Å²) >= 11 is 2.87. The zero-order valence-corrected chi connectivity index (χ0v) is 9.22. The standard InChI is InChI=1S/C8H6BrF3N2O2/c9-5-3-4(14-7(13)15)1-2-6(5)16-8(10,11)12/h1-3H,(H3,13,14,15). The molecule has 16 heavy (non-hydrogen) atoms. The molecule has 0 aliphatic heterocycles. The Morgan fingerprint density at radius 1 is 1.44 bits per heavy atom. The molecule has 88 valence electrons. The number of primary amides is 1. The number of ether oxygens (including phenoxy) is 1. The minimum absolute atomic E-state index is 0.0519. The van der Waals surface area contributed by atoms with E-state index in [-0.39, 0.29) is 10.2 Å². The van der Waals surface area contributed by atoms with Gasteiger partial charge in [0.15, 0.2) is 0 Å². The van der Waals surface area contributed by atoms with Gasteiger partial charge in [0.05, 0.1) is 4.47 Å². The minimum atomic E-state index is -4.76. The summed E-state index contributed by atoms with van der Waals surface area (Å²) in [7, 11) is 0. The number of urea groups is 1. The van der Waals surface area contributed by atoms with Crippen LogP contribution in [0.2, 0.25) is 0 Å². The topological polar surface area (TPSA) is 64.4 Å². The number of carbonyl (C=O) groups excluding carboxylic acids is 1. The zero-order valence-electron chi connectivity index (χ0n) is 7.64. The third-order valence-electron chi connectivity index (χ3n) is 1.43. The first-order chi connectivity index (χ1) is 7.28. The molecule has 0 unspecified atom stereocenters. The summed E-state index contributed by atoms with van der Waals surface area (Å²) in [6, 6.07) is 2.72. The van der Waals surface area contributed by atoms with E-state index < -0.39 is 18.1 Å². The number of rotatable bonds is 2. The van der Waals surface area contributed by atoms with Crippen LogP contribution in [0.15, 0.2) is 22.7 Å². The van der Waals surface area contributed by atoms with Gasteiger partial charge in [0.2, 0.25) is 0 Å². The van der Waals surface area contributed by atoms with Crippen LogP contribution >= 0.6 is 15.9 Å². The summed E-state index contributed by atoms with van der Waals surface area (Å²) in [5.74, 6) is -0.400. The van der Waals surface area contributed by atoms with Crippen LogP contribution in [-0.2, 0) is 0 Å². The second kappa shape index (κ2) is 4.60. The molecule has 4 nitrogen and oxygen atoms in total. The first-order valence-corrected chi connectivity index (χ1v) is 4.69. The Hall–Kier alpha value is -1.44. The summed E-state index contributed by atoms with van der Waals surface area (Å²) < 4.78 is 39.5. The monoisotopic (exact) mass is 298 g/mol. The van der Waals surface area contributed by atoms with E-state index in [0.29, 0.717) is 0 Å². The predicted molar refractivity (Wildman–Crippen MR) is 54.0 cm³/mol. The Morgan fingerprint density at radius 3 is 2.50 bits per heavy atom. The maximum atomic E-state index is 11.9. The molecule has 0 fully saturated rings. The molecule has 0 spiro atoms. The van der Waals surface area contributed by atoms with Crippen molar-refractivity contribution in [2.24, 2.45) is 5.73 Å². The van der Waals surface area contributed by atoms with E-state index in [0.717, 1.165) is 6.07 Å². The van der Waals surface area contributed by atoms with Gasteiger partial charge in [-0.2, -0.15) is 0 Å². The molecule has 1 aromatic rings. The SMILES string of the molecule is NC(=O)Nc1ccc(OC(F)(F)F)c(Br)c1. The fourth-order valence-corrected chi connectivity index (χ4v) is 1.39. The molecule has 8 heteroatoms. The van der Waals surface area contributed by atoms with Crippen LogP contribution in [0.4, 0.5) is 23.7 Å². The van der Waals surface area contributed by atoms with E-state index in [9.17, 15) is 18.0 Å². The molecule has 0 bridgehead atoms. The first-order valence-electron chi connectivity index (χ1n) is 3.90. The summed E-state index contributed by atoms with van der Waals surface area (Å²) in [4.78, 5) is 10.5. The molecule has 3 N–H and O–H groups in total. The number of halogens is 4. The van der Waals surface area contributed by atoms with E-state index in [1.54, 1.807) is 0 Å². The Kier molecular flexibility index (Phi) is 3.63. The highest BCUT2D eigenvalue weighted by Gasteiger charge is 2.31. The highest BCUT2D eigenvalue weighted by molar-refractivity contribution is 9.10. The fraction of sp³-hybridized carbons (Fsp3) is 0.125. The number of benzene rings is 1. The molecule has 0 radical (unpaired) electrons. The Labute approximate surface area is 96.7 Å². The smallest absolute Gasteiger partial charge is 0.405 e. The fourth-order valence-electron chi connectivity index (χ4n) is 0.928. The lowest BCUT2D eigenvalue weighted by atomic mass is 10.3. The van der Waals surface area contributed by atoms with Crippen molar-refractivity contribution in [1.82, 2.24) is 0 Å². The molecule has 1 rings (SSSR count). The van der Waals surface area contributed by atoms with E-state index in [1.165, 1.54) is 12.1 Å². The maximum Gasteiger partial charge on any atom is 0.573 e. The highest BCUT2D eigenvalue weighted by Crippen LogP contribution is 2.32. The minimum Gasteiger partial charge on any atom is -0.405 e. The average molecular weight is 299 g/mol. The number of nitrogens with one attached hydrogen (secondary N) is 1. The lowest BCUT2D eigenvalue weighted by molar-refractivity contribution is -0.274. The number of nitrogens with two attached hydrogens (primary N) is 1. The number of hydrogen-bond donors (Lipinski definition) is 2. The molecule has 0 aliphatic carbocycles. The lowest BCUT2D eigenvalue weighted by Crippen LogP contribution is -2.19. The van der Waals surface area contributed by atoms with Crippen LogP contribution in [0.5, 0.6) is 5.75 Å². The molecule has 0 saturated heterocycles. The van der Waals surface area contributed by atoms with Gasteiger partial charge in [-0.25, -0.2) is 4.79 Å². The van der Waals surface area contributed by atoms with E-state index in [4.69, 9.17) is 5.73 Å². The molecule has 0 atom stereocenters. The van der Waals surface area contributed by atoms with Crippen molar-refractivity contribution >= 4 is 27.6 Å². The normalized spacial score (nSPS) is 11.0. The first kappa shape index (κ1) is 12.6. The summed E-state index contributed by atoms with van der Waals surface area (Å²) in [6.45, 7) is 0. The summed E-state index contributed by atoms with van der Waals surface area (Å²) in [5.41, 5.74) is 5.10. The van der Waals surface area contributed by atoms with Crippen LogP contribution in [0.1, 0.15) is 0 Å². The van der Waals surface area contributed by atoms with Crippen molar-refractivity contribution in [2.45, 2.75) is 6.36 Å². The number of carbonyl (C=O) groups is 1. The predicted octanol–water partition coefficient (Wildman–Crippen LogP) is 2.84. The van der Waals surface area contributed by atoms with Crippen molar-refractivity contribution in [3.63, 3.8) is 0 Å². The van der Waals surface area contributed by atoms with Gasteiger partial charge in [0.25, 0.3) is 0 Å². The van der Waals surface area contributed by atoms with E-state index in [1.807, 2.05) is 0 Å².